The first-order valence-electron chi connectivity index (χ1n) is 6.27. The second-order valence-corrected chi connectivity index (χ2v) is 4.69. The van der Waals surface area contributed by atoms with E-state index in [0.717, 1.165) is 6.07 Å². The monoisotopic (exact) mass is 319 g/mol. The molecule has 116 valence electrons. The van der Waals surface area contributed by atoms with E-state index in [1.165, 1.54) is 12.1 Å². The highest BCUT2D eigenvalue weighted by molar-refractivity contribution is 7.80. The molecule has 8 heteroatoms. The van der Waals surface area contributed by atoms with Crippen molar-refractivity contribution in [2.75, 3.05) is 18.4 Å². The van der Waals surface area contributed by atoms with Crippen molar-refractivity contribution >= 4 is 28.8 Å². The second-order valence-electron chi connectivity index (χ2n) is 4.25. The van der Waals surface area contributed by atoms with Crippen LogP contribution in [0.2, 0.25) is 0 Å². The molecule has 0 saturated heterocycles. The maximum Gasteiger partial charge on any atom is 0.417 e. The van der Waals surface area contributed by atoms with Gasteiger partial charge in [-0.2, -0.15) is 13.2 Å². The van der Waals surface area contributed by atoms with Gasteiger partial charge in [0, 0.05) is 30.8 Å². The second kappa shape index (κ2) is 7.26. The van der Waals surface area contributed by atoms with Gasteiger partial charge in [0.2, 0.25) is 5.91 Å². The zero-order chi connectivity index (χ0) is 16.0. The lowest BCUT2D eigenvalue weighted by molar-refractivity contribution is -0.137. The first-order valence-corrected chi connectivity index (χ1v) is 6.68. The number of amides is 1. The van der Waals surface area contributed by atoms with E-state index in [4.69, 9.17) is 5.73 Å². The fourth-order valence-corrected chi connectivity index (χ4v) is 1.89. The molecular weight excluding hydrogens is 303 g/mol. The molecule has 0 spiro atoms. The quantitative estimate of drug-likeness (QED) is 0.704. The van der Waals surface area contributed by atoms with Crippen LogP contribution in [-0.2, 0) is 11.0 Å². The summed E-state index contributed by atoms with van der Waals surface area (Å²) in [5.74, 6) is -0.166. The Morgan fingerprint density at radius 1 is 1.38 bits per heavy atom. The predicted molar refractivity (Wildman–Crippen MR) is 79.1 cm³/mol. The lowest BCUT2D eigenvalue weighted by Gasteiger charge is -2.14. The summed E-state index contributed by atoms with van der Waals surface area (Å²) in [6.45, 7) is 2.53. The van der Waals surface area contributed by atoms with Crippen LogP contribution < -0.4 is 16.4 Å². The molecule has 0 aliphatic heterocycles. The SMILES string of the molecule is CCNC(=O)CCNc1ccc(C(N)=S)c(C(F)(F)F)c1. The molecule has 0 heterocycles. The van der Waals surface area contributed by atoms with Gasteiger partial charge in [-0.15, -0.1) is 0 Å². The molecular formula is C13H16F3N3OS. The summed E-state index contributed by atoms with van der Waals surface area (Å²) < 4.78 is 38.8. The maximum atomic E-state index is 12.9. The van der Waals surface area contributed by atoms with Crippen molar-refractivity contribution < 1.29 is 18.0 Å². The van der Waals surface area contributed by atoms with Crippen molar-refractivity contribution in [2.45, 2.75) is 19.5 Å². The van der Waals surface area contributed by atoms with E-state index < -0.39 is 11.7 Å². The number of hydrogen-bond donors (Lipinski definition) is 3. The van der Waals surface area contributed by atoms with E-state index >= 15 is 0 Å². The Morgan fingerprint density at radius 2 is 2.05 bits per heavy atom. The van der Waals surface area contributed by atoms with Crippen LogP contribution in [0.4, 0.5) is 18.9 Å². The largest absolute Gasteiger partial charge is 0.417 e. The van der Waals surface area contributed by atoms with Gasteiger partial charge in [0.15, 0.2) is 0 Å². The minimum atomic E-state index is -4.55. The molecule has 1 amide bonds. The lowest BCUT2D eigenvalue weighted by atomic mass is 10.1. The lowest BCUT2D eigenvalue weighted by Crippen LogP contribution is -2.24. The number of hydrogen-bond acceptors (Lipinski definition) is 3. The molecule has 0 aliphatic rings. The zero-order valence-corrected chi connectivity index (χ0v) is 12.2. The topological polar surface area (TPSA) is 67.2 Å². The molecule has 0 aromatic heterocycles. The highest BCUT2D eigenvalue weighted by Crippen LogP contribution is 2.33. The van der Waals surface area contributed by atoms with Crippen molar-refractivity contribution in [3.8, 4) is 0 Å². The van der Waals surface area contributed by atoms with Crippen LogP contribution in [0, 0.1) is 0 Å². The number of rotatable bonds is 6. The van der Waals surface area contributed by atoms with Crippen LogP contribution in [-0.4, -0.2) is 24.0 Å². The van der Waals surface area contributed by atoms with Crippen LogP contribution >= 0.6 is 12.2 Å². The van der Waals surface area contributed by atoms with Gasteiger partial charge in [0.25, 0.3) is 0 Å². The van der Waals surface area contributed by atoms with Gasteiger partial charge < -0.3 is 16.4 Å². The highest BCUT2D eigenvalue weighted by Gasteiger charge is 2.34. The summed E-state index contributed by atoms with van der Waals surface area (Å²) >= 11 is 4.62. The average molecular weight is 319 g/mol. The summed E-state index contributed by atoms with van der Waals surface area (Å²) in [5, 5.41) is 5.37. The van der Waals surface area contributed by atoms with Crippen molar-refractivity contribution in [1.82, 2.24) is 5.32 Å². The molecule has 0 fully saturated rings. The van der Waals surface area contributed by atoms with E-state index in [1.807, 2.05) is 0 Å². The third-order valence-electron chi connectivity index (χ3n) is 2.65. The Labute approximate surface area is 125 Å². The van der Waals surface area contributed by atoms with Crippen LogP contribution in [0.25, 0.3) is 0 Å². The molecule has 1 rings (SSSR count). The van der Waals surface area contributed by atoms with Crippen LogP contribution in [0.15, 0.2) is 18.2 Å². The molecule has 21 heavy (non-hydrogen) atoms. The molecule has 1 aromatic rings. The Morgan fingerprint density at radius 3 is 2.57 bits per heavy atom. The summed E-state index contributed by atoms with van der Waals surface area (Å²) in [7, 11) is 0. The third-order valence-corrected chi connectivity index (χ3v) is 2.87. The molecule has 0 aliphatic carbocycles. The summed E-state index contributed by atoms with van der Waals surface area (Å²) in [5.41, 5.74) is 4.44. The Balaban J connectivity index is 2.82. The van der Waals surface area contributed by atoms with Gasteiger partial charge in [-0.3, -0.25) is 4.79 Å². The third kappa shape index (κ3) is 5.22. The summed E-state index contributed by atoms with van der Waals surface area (Å²) in [4.78, 5) is 10.9. The van der Waals surface area contributed by atoms with Gasteiger partial charge in [0.05, 0.1) is 5.56 Å². The number of nitrogens with one attached hydrogen (secondary N) is 2. The van der Waals surface area contributed by atoms with Gasteiger partial charge in [-0.05, 0) is 25.1 Å². The molecule has 4 N–H and O–H groups in total. The molecule has 0 bridgehead atoms. The van der Waals surface area contributed by atoms with E-state index in [-0.39, 0.29) is 35.1 Å². The van der Waals surface area contributed by atoms with Crippen molar-refractivity contribution in [3.05, 3.63) is 29.3 Å². The zero-order valence-electron chi connectivity index (χ0n) is 11.4. The standard InChI is InChI=1S/C13H16F3N3OS/c1-2-18-11(20)5-6-19-8-3-4-9(12(17)21)10(7-8)13(14,15)16/h3-4,7,19H,2,5-6H2,1H3,(H2,17,21)(H,18,20). The number of thiocarbonyl (C=S) groups is 1. The normalized spacial score (nSPS) is 11.0. The van der Waals surface area contributed by atoms with E-state index in [0.29, 0.717) is 6.54 Å². The smallest absolute Gasteiger partial charge is 0.389 e. The number of carbonyl (C=O) groups excluding carboxylic acids is 1. The van der Waals surface area contributed by atoms with Crippen LogP contribution in [0.5, 0.6) is 0 Å². The van der Waals surface area contributed by atoms with Crippen molar-refractivity contribution in [3.63, 3.8) is 0 Å². The van der Waals surface area contributed by atoms with E-state index in [9.17, 15) is 18.0 Å². The first kappa shape index (κ1) is 17.2. The molecule has 1 aromatic carbocycles. The van der Waals surface area contributed by atoms with Gasteiger partial charge in [-0.1, -0.05) is 12.2 Å². The Hall–Kier alpha value is -1.83. The average Bonchev–Trinajstić information content (AvgIpc) is 2.37. The summed E-state index contributed by atoms with van der Waals surface area (Å²) in [6.07, 6.45) is -4.37. The number of halogens is 3. The van der Waals surface area contributed by atoms with Crippen LogP contribution in [0.1, 0.15) is 24.5 Å². The number of anilines is 1. The number of benzene rings is 1. The molecule has 0 unspecified atom stereocenters. The van der Waals surface area contributed by atoms with Gasteiger partial charge >= 0.3 is 6.18 Å². The minimum Gasteiger partial charge on any atom is -0.389 e. The molecule has 0 atom stereocenters. The van der Waals surface area contributed by atoms with Crippen molar-refractivity contribution in [2.24, 2.45) is 5.73 Å². The maximum absolute atomic E-state index is 12.9. The predicted octanol–water partition coefficient (Wildman–Crippen LogP) is 2.28. The van der Waals surface area contributed by atoms with E-state index in [1.54, 1.807) is 6.92 Å². The number of carbonyl (C=O) groups is 1. The molecule has 0 radical (unpaired) electrons. The molecule has 4 nitrogen and oxygen atoms in total. The fourth-order valence-electron chi connectivity index (χ4n) is 1.71. The number of nitrogens with two attached hydrogens (primary N) is 1. The minimum absolute atomic E-state index is 0.166. The Bertz CT molecular complexity index is 532. The van der Waals surface area contributed by atoms with Gasteiger partial charge in [-0.25, -0.2) is 0 Å². The highest BCUT2D eigenvalue weighted by atomic mass is 32.1. The summed E-state index contributed by atoms with van der Waals surface area (Å²) in [6, 6.07) is 3.60. The first-order chi connectivity index (χ1) is 9.75. The van der Waals surface area contributed by atoms with Crippen molar-refractivity contribution in [1.29, 1.82) is 0 Å². The fraction of sp³-hybridized carbons (Fsp3) is 0.385. The Kier molecular flexibility index (Phi) is 5.95. The van der Waals surface area contributed by atoms with Gasteiger partial charge in [0.1, 0.15) is 4.99 Å². The number of alkyl halides is 3. The molecule has 0 saturated carbocycles. The van der Waals surface area contributed by atoms with E-state index in [2.05, 4.69) is 22.9 Å². The van der Waals surface area contributed by atoms with Crippen LogP contribution in [0.3, 0.4) is 0 Å².